The lowest BCUT2D eigenvalue weighted by Gasteiger charge is -2.36. The number of fused-ring (bicyclic) bond motifs is 9. The minimum Gasteiger partial charge on any atom is -0.310 e. The van der Waals surface area contributed by atoms with E-state index in [0.29, 0.717) is 0 Å². The van der Waals surface area contributed by atoms with Crippen molar-refractivity contribution in [2.24, 2.45) is 0 Å². The first-order chi connectivity index (χ1) is 27.1. The van der Waals surface area contributed by atoms with E-state index in [9.17, 15) is 0 Å². The van der Waals surface area contributed by atoms with Crippen molar-refractivity contribution in [3.63, 3.8) is 0 Å². The quantitative estimate of drug-likeness (QED) is 0.162. The van der Waals surface area contributed by atoms with Gasteiger partial charge in [0, 0.05) is 16.5 Å². The van der Waals surface area contributed by atoms with Crippen molar-refractivity contribution in [1.29, 1.82) is 0 Å². The Labute approximate surface area is 322 Å². The molecular formula is C54H39N. The third kappa shape index (κ3) is 4.41. The van der Waals surface area contributed by atoms with Crippen LogP contribution in [0.25, 0.3) is 43.8 Å². The van der Waals surface area contributed by atoms with E-state index in [1.165, 1.54) is 88.6 Å². The van der Waals surface area contributed by atoms with Crippen molar-refractivity contribution in [3.05, 3.63) is 234 Å². The molecule has 2 aliphatic rings. The maximum atomic E-state index is 2.57. The fraction of sp³-hybridized carbons (Fsp3) is 0.0741. The zero-order valence-corrected chi connectivity index (χ0v) is 31.0. The molecule has 2 aliphatic carbocycles. The fourth-order valence-corrected chi connectivity index (χ4v) is 10.2. The zero-order valence-electron chi connectivity index (χ0n) is 31.0. The zero-order chi connectivity index (χ0) is 36.7. The summed E-state index contributed by atoms with van der Waals surface area (Å²) < 4.78 is 0. The Morgan fingerprint density at radius 2 is 0.909 bits per heavy atom. The number of hydrogen-bond donors (Lipinski definition) is 0. The molecule has 9 aromatic rings. The Morgan fingerprint density at radius 3 is 1.64 bits per heavy atom. The lowest BCUT2D eigenvalue weighted by Crippen LogP contribution is -2.28. The van der Waals surface area contributed by atoms with Crippen LogP contribution >= 0.6 is 0 Å². The van der Waals surface area contributed by atoms with Gasteiger partial charge in [-0.15, -0.1) is 0 Å². The Hall–Kier alpha value is -6.70. The number of hydrogen-bond acceptors (Lipinski definition) is 1. The second-order valence-electron chi connectivity index (χ2n) is 15.6. The summed E-state index contributed by atoms with van der Waals surface area (Å²) in [6.07, 6.45) is 0. The summed E-state index contributed by atoms with van der Waals surface area (Å²) in [5.41, 5.74) is 15.9. The second kappa shape index (κ2) is 11.9. The molecule has 1 heteroatoms. The minimum absolute atomic E-state index is 0.210. The van der Waals surface area contributed by atoms with Gasteiger partial charge in [-0.3, -0.25) is 0 Å². The minimum atomic E-state index is -0.504. The highest BCUT2D eigenvalue weighted by atomic mass is 15.1. The topological polar surface area (TPSA) is 3.24 Å². The van der Waals surface area contributed by atoms with Gasteiger partial charge in [0.05, 0.1) is 16.8 Å². The van der Waals surface area contributed by atoms with Crippen LogP contribution in [0.2, 0.25) is 0 Å². The van der Waals surface area contributed by atoms with Crippen LogP contribution in [-0.2, 0) is 10.8 Å². The van der Waals surface area contributed by atoms with Crippen molar-refractivity contribution < 1.29 is 0 Å². The lowest BCUT2D eigenvalue weighted by molar-refractivity contribution is 0.661. The molecule has 0 radical (unpaired) electrons. The van der Waals surface area contributed by atoms with E-state index in [0.717, 1.165) is 5.69 Å². The third-order valence-electron chi connectivity index (χ3n) is 12.5. The highest BCUT2D eigenvalue weighted by Gasteiger charge is 2.46. The first kappa shape index (κ1) is 31.8. The van der Waals surface area contributed by atoms with Gasteiger partial charge in [-0.1, -0.05) is 190 Å². The van der Waals surface area contributed by atoms with E-state index in [1.807, 2.05) is 0 Å². The molecule has 0 atom stereocenters. The molecule has 0 bridgehead atoms. The molecule has 11 rings (SSSR count). The summed E-state index contributed by atoms with van der Waals surface area (Å²) in [6.45, 7) is 4.79. The van der Waals surface area contributed by atoms with Crippen molar-refractivity contribution in [2.75, 3.05) is 4.90 Å². The van der Waals surface area contributed by atoms with Crippen LogP contribution in [0.5, 0.6) is 0 Å². The van der Waals surface area contributed by atoms with E-state index < -0.39 is 5.41 Å². The van der Waals surface area contributed by atoms with Crippen LogP contribution < -0.4 is 4.90 Å². The summed E-state index contributed by atoms with van der Waals surface area (Å²) in [5.74, 6) is 0. The smallest absolute Gasteiger partial charge is 0.0714 e. The highest BCUT2D eigenvalue weighted by Crippen LogP contribution is 2.59. The van der Waals surface area contributed by atoms with Crippen molar-refractivity contribution in [2.45, 2.75) is 24.7 Å². The lowest BCUT2D eigenvalue weighted by atomic mass is 9.67. The van der Waals surface area contributed by atoms with Crippen LogP contribution in [-0.4, -0.2) is 0 Å². The van der Waals surface area contributed by atoms with Crippen LogP contribution in [0.1, 0.15) is 47.2 Å². The maximum absolute atomic E-state index is 2.57. The molecule has 1 nitrogen and oxygen atoms in total. The van der Waals surface area contributed by atoms with E-state index >= 15 is 0 Å². The standard InChI is InChI=1S/C54H39N/c1-53(2)47-29-15-13-26-43(47)46-28-17-31-50(52(46)53)55(51-34-36-18-9-10-23-40(36)41-24-11-12-27-45(41)51)39-32-33-44-42-25-14-16-30-48(42)54(49(44)35-39,37-19-5-3-6-20-37)38-21-7-4-8-22-38/h3-35H,1-2H3. The Balaban J connectivity index is 1.26. The van der Waals surface area contributed by atoms with Crippen LogP contribution in [0.4, 0.5) is 17.1 Å². The molecule has 55 heavy (non-hydrogen) atoms. The average molecular weight is 702 g/mol. The Kier molecular flexibility index (Phi) is 6.88. The second-order valence-corrected chi connectivity index (χ2v) is 15.6. The van der Waals surface area contributed by atoms with Crippen LogP contribution in [0.15, 0.2) is 200 Å². The molecule has 0 fully saturated rings. The summed E-state index contributed by atoms with van der Waals surface area (Å²) in [5, 5.41) is 4.98. The Morgan fingerprint density at radius 1 is 0.364 bits per heavy atom. The van der Waals surface area contributed by atoms with Crippen LogP contribution in [0, 0.1) is 0 Å². The molecule has 0 amide bonds. The molecule has 0 aromatic heterocycles. The third-order valence-corrected chi connectivity index (χ3v) is 12.5. The van der Waals surface area contributed by atoms with Crippen molar-refractivity contribution in [1.82, 2.24) is 0 Å². The Bertz CT molecular complexity index is 2920. The molecule has 0 saturated heterocycles. The predicted molar refractivity (Wildman–Crippen MR) is 231 cm³/mol. The summed E-state index contributed by atoms with van der Waals surface area (Å²) in [4.78, 5) is 2.57. The number of nitrogens with zero attached hydrogens (tertiary/aromatic N) is 1. The van der Waals surface area contributed by atoms with E-state index in [1.54, 1.807) is 0 Å². The molecular weight excluding hydrogens is 663 g/mol. The first-order valence-corrected chi connectivity index (χ1v) is 19.4. The van der Waals surface area contributed by atoms with Gasteiger partial charge in [-0.2, -0.15) is 0 Å². The van der Waals surface area contributed by atoms with E-state index in [2.05, 4.69) is 219 Å². The van der Waals surface area contributed by atoms with Gasteiger partial charge in [0.1, 0.15) is 0 Å². The van der Waals surface area contributed by atoms with E-state index in [4.69, 9.17) is 0 Å². The molecule has 0 unspecified atom stereocenters. The number of anilines is 3. The van der Waals surface area contributed by atoms with Crippen LogP contribution in [0.3, 0.4) is 0 Å². The van der Waals surface area contributed by atoms with E-state index in [-0.39, 0.29) is 5.41 Å². The fourth-order valence-electron chi connectivity index (χ4n) is 10.2. The summed E-state index contributed by atoms with van der Waals surface area (Å²) >= 11 is 0. The summed E-state index contributed by atoms with van der Waals surface area (Å²) in [6, 6.07) is 74.6. The van der Waals surface area contributed by atoms with Crippen molar-refractivity contribution >= 4 is 38.6 Å². The normalized spacial score (nSPS) is 14.3. The van der Waals surface area contributed by atoms with Crippen molar-refractivity contribution in [3.8, 4) is 22.3 Å². The molecule has 0 saturated carbocycles. The van der Waals surface area contributed by atoms with Gasteiger partial charge >= 0.3 is 0 Å². The monoisotopic (exact) mass is 701 g/mol. The van der Waals surface area contributed by atoms with Gasteiger partial charge in [-0.05, 0) is 96.1 Å². The van der Waals surface area contributed by atoms with Gasteiger partial charge in [0.25, 0.3) is 0 Å². The number of benzene rings is 9. The molecule has 0 N–H and O–H groups in total. The van der Waals surface area contributed by atoms with Gasteiger partial charge < -0.3 is 4.90 Å². The van der Waals surface area contributed by atoms with Gasteiger partial charge in [0.2, 0.25) is 0 Å². The maximum Gasteiger partial charge on any atom is 0.0714 e. The molecule has 0 spiro atoms. The SMILES string of the molecule is CC1(C)c2ccccc2-c2cccc(N(c3ccc4c(c3)C(c3ccccc3)(c3ccccc3)c3ccccc3-4)c3cc4ccccc4c4ccccc34)c21. The van der Waals surface area contributed by atoms with Gasteiger partial charge in [-0.25, -0.2) is 0 Å². The molecule has 0 heterocycles. The summed E-state index contributed by atoms with van der Waals surface area (Å²) in [7, 11) is 0. The largest absolute Gasteiger partial charge is 0.310 e. The molecule has 260 valence electrons. The van der Waals surface area contributed by atoms with Gasteiger partial charge in [0.15, 0.2) is 0 Å². The predicted octanol–water partition coefficient (Wildman–Crippen LogP) is 14.1. The average Bonchev–Trinajstić information content (AvgIpc) is 3.67. The molecule has 0 aliphatic heterocycles. The first-order valence-electron chi connectivity index (χ1n) is 19.4. The molecule has 9 aromatic carbocycles. The number of rotatable bonds is 5. The highest BCUT2D eigenvalue weighted by molar-refractivity contribution is 6.15.